The van der Waals surface area contributed by atoms with Gasteiger partial charge in [0, 0.05) is 5.39 Å². The zero-order valence-electron chi connectivity index (χ0n) is 8.01. The van der Waals surface area contributed by atoms with E-state index in [1.165, 1.54) is 0 Å². The fourth-order valence-electron chi connectivity index (χ4n) is 1.29. The molecule has 1 aromatic heterocycles. The van der Waals surface area contributed by atoms with E-state index in [0.29, 0.717) is 5.69 Å². The number of nitrogens with zero attached hydrogens (tertiary/aromatic N) is 2. The van der Waals surface area contributed by atoms with Gasteiger partial charge in [0.1, 0.15) is 0 Å². The summed E-state index contributed by atoms with van der Waals surface area (Å²) < 4.78 is 0. The van der Waals surface area contributed by atoms with E-state index in [4.69, 9.17) is 11.6 Å². The number of hydrogen-bond donors (Lipinski definition) is 3. The van der Waals surface area contributed by atoms with E-state index in [2.05, 4.69) is 15.4 Å². The summed E-state index contributed by atoms with van der Waals surface area (Å²) >= 11 is 0. The molecule has 0 radical (unpaired) electrons. The molecule has 0 aliphatic rings. The fourth-order valence-corrected chi connectivity index (χ4v) is 1.29. The Bertz CT molecular complexity index is 506. The van der Waals surface area contributed by atoms with Gasteiger partial charge in [-0.25, -0.2) is 10.8 Å². The van der Waals surface area contributed by atoms with Crippen molar-refractivity contribution in [2.45, 2.75) is 0 Å². The third kappa shape index (κ3) is 2.03. The molecule has 2 aromatic rings. The number of hydrazine groups is 1. The average molecular weight is 201 g/mol. The summed E-state index contributed by atoms with van der Waals surface area (Å²) in [6.45, 7) is 0. The monoisotopic (exact) mass is 201 g/mol. The molecule has 5 N–H and O–H groups in total. The molecular weight excluding hydrogens is 190 g/mol. The summed E-state index contributed by atoms with van der Waals surface area (Å²) in [5.41, 5.74) is 9.29. The first-order valence-corrected chi connectivity index (χ1v) is 4.45. The van der Waals surface area contributed by atoms with Crippen LogP contribution in [0.15, 0.2) is 41.5 Å². The van der Waals surface area contributed by atoms with Crippen molar-refractivity contribution in [3.63, 3.8) is 0 Å². The van der Waals surface area contributed by atoms with Crippen LogP contribution in [0.5, 0.6) is 0 Å². The lowest BCUT2D eigenvalue weighted by molar-refractivity contribution is 1.01. The Kier molecular flexibility index (Phi) is 2.47. The van der Waals surface area contributed by atoms with Crippen LogP contribution in [-0.4, -0.2) is 10.9 Å². The van der Waals surface area contributed by atoms with Crippen LogP contribution >= 0.6 is 0 Å². The first-order chi connectivity index (χ1) is 7.29. The van der Waals surface area contributed by atoms with E-state index in [-0.39, 0.29) is 5.96 Å². The number of nitrogens with two attached hydrogens (primary N) is 2. The number of aromatic nitrogens is 1. The lowest BCUT2D eigenvalue weighted by Crippen LogP contribution is -2.36. The van der Waals surface area contributed by atoms with Crippen molar-refractivity contribution in [2.24, 2.45) is 16.6 Å². The molecule has 0 fully saturated rings. The maximum Gasteiger partial charge on any atom is 0.208 e. The van der Waals surface area contributed by atoms with Crippen molar-refractivity contribution in [1.82, 2.24) is 10.4 Å². The van der Waals surface area contributed by atoms with E-state index in [0.717, 1.165) is 10.9 Å². The van der Waals surface area contributed by atoms with Gasteiger partial charge in [0.15, 0.2) is 0 Å². The number of fused-ring (bicyclic) bond motifs is 1. The van der Waals surface area contributed by atoms with Crippen molar-refractivity contribution in [3.8, 4) is 0 Å². The SMILES string of the molecule is NNC(N)=Nc1cnc2ccccc2c1. The van der Waals surface area contributed by atoms with Gasteiger partial charge in [0.2, 0.25) is 5.96 Å². The molecule has 15 heavy (non-hydrogen) atoms. The molecule has 1 heterocycles. The molecule has 0 amide bonds. The average Bonchev–Trinajstić information content (AvgIpc) is 2.29. The number of benzene rings is 1. The molecule has 0 spiro atoms. The lowest BCUT2D eigenvalue weighted by Gasteiger charge is -2.00. The van der Waals surface area contributed by atoms with E-state index < -0.39 is 0 Å². The predicted octanol–water partition coefficient (Wildman–Crippen LogP) is 0.644. The smallest absolute Gasteiger partial charge is 0.208 e. The van der Waals surface area contributed by atoms with Crippen LogP contribution in [0.3, 0.4) is 0 Å². The summed E-state index contributed by atoms with van der Waals surface area (Å²) in [6.07, 6.45) is 1.65. The molecule has 5 heteroatoms. The highest BCUT2D eigenvalue weighted by Crippen LogP contribution is 2.17. The van der Waals surface area contributed by atoms with Crippen LogP contribution in [0.4, 0.5) is 5.69 Å². The standard InChI is InChI=1S/C10H11N5/c11-10(15-12)14-8-5-7-3-1-2-4-9(7)13-6-8/h1-6H,12H2,(H3,11,14,15). The summed E-state index contributed by atoms with van der Waals surface area (Å²) in [5.74, 6) is 5.27. The van der Waals surface area contributed by atoms with E-state index >= 15 is 0 Å². The largest absolute Gasteiger partial charge is 0.369 e. The van der Waals surface area contributed by atoms with Crippen molar-refractivity contribution in [2.75, 3.05) is 0 Å². The number of pyridine rings is 1. The predicted molar refractivity (Wildman–Crippen MR) is 60.3 cm³/mol. The van der Waals surface area contributed by atoms with Crippen LogP contribution in [0.25, 0.3) is 10.9 Å². The third-order valence-electron chi connectivity index (χ3n) is 1.97. The van der Waals surface area contributed by atoms with Crippen LogP contribution in [-0.2, 0) is 0 Å². The van der Waals surface area contributed by atoms with Crippen LogP contribution < -0.4 is 17.0 Å². The van der Waals surface area contributed by atoms with Gasteiger partial charge in [-0.15, -0.1) is 0 Å². The molecule has 0 saturated heterocycles. The molecule has 0 bridgehead atoms. The van der Waals surface area contributed by atoms with E-state index in [1.807, 2.05) is 30.3 Å². The fraction of sp³-hybridized carbons (Fsp3) is 0. The highest BCUT2D eigenvalue weighted by Gasteiger charge is 1.96. The molecular formula is C10H11N5. The first-order valence-electron chi connectivity index (χ1n) is 4.45. The summed E-state index contributed by atoms with van der Waals surface area (Å²) in [5, 5.41) is 1.02. The van der Waals surface area contributed by atoms with Crippen LogP contribution in [0.1, 0.15) is 0 Å². The Morgan fingerprint density at radius 1 is 1.33 bits per heavy atom. The second-order valence-corrected chi connectivity index (χ2v) is 3.03. The minimum Gasteiger partial charge on any atom is -0.369 e. The lowest BCUT2D eigenvalue weighted by atomic mass is 10.2. The molecule has 0 atom stereocenters. The number of rotatable bonds is 1. The van der Waals surface area contributed by atoms with Gasteiger partial charge in [-0.2, -0.15) is 0 Å². The maximum atomic E-state index is 5.44. The van der Waals surface area contributed by atoms with Crippen LogP contribution in [0.2, 0.25) is 0 Å². The zero-order chi connectivity index (χ0) is 10.7. The van der Waals surface area contributed by atoms with Crippen molar-refractivity contribution in [1.29, 1.82) is 0 Å². The number of guanidine groups is 1. The Balaban J connectivity index is 2.47. The molecule has 2 rings (SSSR count). The van der Waals surface area contributed by atoms with Gasteiger partial charge in [-0.1, -0.05) is 18.2 Å². The number of hydrogen-bond acceptors (Lipinski definition) is 3. The molecule has 1 aromatic carbocycles. The highest BCUT2D eigenvalue weighted by molar-refractivity contribution is 5.84. The number of para-hydroxylation sites is 1. The Morgan fingerprint density at radius 2 is 2.13 bits per heavy atom. The molecule has 0 aliphatic heterocycles. The molecule has 5 nitrogen and oxygen atoms in total. The summed E-state index contributed by atoms with van der Waals surface area (Å²) in [6, 6.07) is 9.68. The van der Waals surface area contributed by atoms with Gasteiger partial charge in [-0.05, 0) is 12.1 Å². The number of aliphatic imine (C=N–C) groups is 1. The Morgan fingerprint density at radius 3 is 2.93 bits per heavy atom. The van der Waals surface area contributed by atoms with Gasteiger partial charge in [0.25, 0.3) is 0 Å². The van der Waals surface area contributed by atoms with Crippen molar-refractivity contribution < 1.29 is 0 Å². The second-order valence-electron chi connectivity index (χ2n) is 3.03. The Hall–Kier alpha value is -2.14. The second kappa shape index (κ2) is 3.93. The van der Waals surface area contributed by atoms with Crippen molar-refractivity contribution >= 4 is 22.5 Å². The first kappa shape index (κ1) is 9.42. The van der Waals surface area contributed by atoms with Crippen molar-refractivity contribution in [3.05, 3.63) is 36.5 Å². The van der Waals surface area contributed by atoms with Gasteiger partial charge < -0.3 is 5.73 Å². The van der Waals surface area contributed by atoms with E-state index in [9.17, 15) is 0 Å². The van der Waals surface area contributed by atoms with Crippen LogP contribution in [0, 0.1) is 0 Å². The molecule has 76 valence electrons. The maximum absolute atomic E-state index is 5.44. The molecule has 0 unspecified atom stereocenters. The van der Waals surface area contributed by atoms with Gasteiger partial charge in [0.05, 0.1) is 17.4 Å². The van der Waals surface area contributed by atoms with Gasteiger partial charge in [-0.3, -0.25) is 10.4 Å². The van der Waals surface area contributed by atoms with Gasteiger partial charge >= 0.3 is 0 Å². The quantitative estimate of drug-likeness (QED) is 0.273. The third-order valence-corrected chi connectivity index (χ3v) is 1.97. The summed E-state index contributed by atoms with van der Waals surface area (Å²) in [7, 11) is 0. The molecule has 0 aliphatic carbocycles. The number of nitrogens with one attached hydrogen (secondary N) is 1. The minimum atomic E-state index is 0.159. The zero-order valence-corrected chi connectivity index (χ0v) is 8.01. The Labute approximate surface area is 86.8 Å². The minimum absolute atomic E-state index is 0.159. The molecule has 0 saturated carbocycles. The topological polar surface area (TPSA) is 89.3 Å². The van der Waals surface area contributed by atoms with E-state index in [1.54, 1.807) is 6.20 Å². The normalized spacial score (nSPS) is 11.7. The summed E-state index contributed by atoms with van der Waals surface area (Å²) in [4.78, 5) is 8.26. The highest BCUT2D eigenvalue weighted by atomic mass is 15.3.